The number of aldehydes is 1. The summed E-state index contributed by atoms with van der Waals surface area (Å²) in [5.74, 6) is 4.07. The molecule has 11 aromatic rings. The van der Waals surface area contributed by atoms with E-state index in [4.69, 9.17) is 21.7 Å². The summed E-state index contributed by atoms with van der Waals surface area (Å²) in [4.78, 5) is 61.9. The zero-order valence-electron chi connectivity index (χ0n) is 53.0. The van der Waals surface area contributed by atoms with Gasteiger partial charge in [-0.2, -0.15) is 10.2 Å². The SMILES string of the molecule is BrCc1cccnc1N1CCCC1.Nc1ncnc2c1c(-c1cc(O)cc(F)c1)nn2Cc1cccnc1N1CCCC1.Nc1ncnc2c1c(I)nn2Cc1cccnc1N1CCCC1.O=Cc1cccnc1Br.OCc1cccnc1Br.OCc1cccnc1N1CCCC1. The van der Waals surface area contributed by atoms with E-state index >= 15 is 0 Å². The van der Waals surface area contributed by atoms with E-state index in [0.717, 1.165) is 143 Å². The van der Waals surface area contributed by atoms with E-state index in [0.29, 0.717) is 56.0 Å². The van der Waals surface area contributed by atoms with Gasteiger partial charge in [-0.15, -0.1) is 0 Å². The number of anilines is 6. The summed E-state index contributed by atoms with van der Waals surface area (Å²) in [5.41, 5.74) is 20.0. The second-order valence-corrected chi connectivity index (χ2v) is 25.8. The molecule has 29 heteroatoms. The van der Waals surface area contributed by atoms with Crippen molar-refractivity contribution in [3.05, 3.63) is 193 Å². The molecule has 15 rings (SSSR count). The van der Waals surface area contributed by atoms with Crippen LogP contribution in [0.4, 0.5) is 39.3 Å². The Bertz CT molecular complexity index is 4300. The number of aliphatic hydroxyl groups is 2. The minimum absolute atomic E-state index is 0.0361. The lowest BCUT2D eigenvalue weighted by atomic mass is 10.1. The highest BCUT2D eigenvalue weighted by atomic mass is 127. The zero-order valence-corrected chi connectivity index (χ0v) is 60.0. The number of carbonyl (C=O) groups excluding carboxylic acids is 1. The van der Waals surface area contributed by atoms with Crippen LogP contribution in [0.15, 0.2) is 150 Å². The van der Waals surface area contributed by atoms with Crippen molar-refractivity contribution in [2.75, 3.05) is 83.4 Å². The third kappa shape index (κ3) is 18.6. The summed E-state index contributed by atoms with van der Waals surface area (Å²) in [6, 6.07) is 26.7. The van der Waals surface area contributed by atoms with Gasteiger partial charge >= 0.3 is 0 Å². The molecule has 0 aliphatic carbocycles. The summed E-state index contributed by atoms with van der Waals surface area (Å²) in [6.07, 6.45) is 24.1. The predicted octanol–water partition coefficient (Wildman–Crippen LogP) is 11.8. The summed E-state index contributed by atoms with van der Waals surface area (Å²) < 4.78 is 19.7. The third-order valence-corrected chi connectivity index (χ3v) is 18.9. The van der Waals surface area contributed by atoms with Crippen LogP contribution in [-0.4, -0.2) is 143 Å². The second-order valence-electron chi connectivity index (χ2n) is 22.7. The molecule has 4 aliphatic rings. The van der Waals surface area contributed by atoms with Crippen LogP contribution in [0.2, 0.25) is 0 Å². The number of alkyl halides is 1. The zero-order chi connectivity index (χ0) is 68.0. The number of aliphatic hydroxyl groups excluding tert-OH is 2. The van der Waals surface area contributed by atoms with E-state index in [2.05, 4.69) is 162 Å². The number of nitrogen functional groups attached to an aromatic ring is 2. The number of carbonyl (C=O) groups is 1. The first-order valence-electron chi connectivity index (χ1n) is 31.6. The fraction of sp³-hybridized carbons (Fsp3) is 0.309. The maximum Gasteiger partial charge on any atom is 0.164 e. The van der Waals surface area contributed by atoms with Crippen molar-refractivity contribution in [2.45, 2.75) is 83.0 Å². The summed E-state index contributed by atoms with van der Waals surface area (Å²) in [5, 5.41) is 39.1. The van der Waals surface area contributed by atoms with E-state index in [1.807, 2.05) is 59.5 Å². The van der Waals surface area contributed by atoms with Gasteiger partial charge in [0.1, 0.15) is 77.7 Å². The maximum absolute atomic E-state index is 13.9. The number of hydrogen-bond donors (Lipinski definition) is 5. The molecule has 0 radical (unpaired) electrons. The summed E-state index contributed by atoms with van der Waals surface area (Å²) >= 11 is 12.0. The molecule has 0 unspecified atom stereocenters. The van der Waals surface area contributed by atoms with Crippen LogP contribution in [0, 0.1) is 9.52 Å². The van der Waals surface area contributed by atoms with Crippen molar-refractivity contribution in [2.24, 2.45) is 0 Å². The number of nitrogens with two attached hydrogens (primary N) is 2. The first kappa shape index (κ1) is 71.3. The fourth-order valence-corrected chi connectivity index (χ4v) is 13.5. The Morgan fingerprint density at radius 3 is 1.33 bits per heavy atom. The Balaban J connectivity index is 0.000000135. The van der Waals surface area contributed by atoms with Gasteiger partial charge in [-0.25, -0.2) is 63.6 Å². The van der Waals surface area contributed by atoms with Crippen LogP contribution in [0.3, 0.4) is 0 Å². The van der Waals surface area contributed by atoms with Crippen LogP contribution < -0.4 is 31.1 Å². The lowest BCUT2D eigenvalue weighted by molar-refractivity contribution is 0.112. The van der Waals surface area contributed by atoms with Crippen molar-refractivity contribution in [1.29, 1.82) is 0 Å². The van der Waals surface area contributed by atoms with Crippen molar-refractivity contribution in [3.63, 3.8) is 0 Å². The number of hydrogen-bond acceptors (Lipinski definition) is 22. The number of rotatable bonds is 13. The van der Waals surface area contributed by atoms with E-state index in [1.54, 1.807) is 47.7 Å². The number of nitrogens with zero attached hydrogens (tertiary/aromatic N) is 18. The van der Waals surface area contributed by atoms with Gasteiger partial charge in [0.15, 0.2) is 17.6 Å². The van der Waals surface area contributed by atoms with E-state index < -0.39 is 5.82 Å². The molecular formula is C68H73Br3FIN20O4. The van der Waals surface area contributed by atoms with Gasteiger partial charge in [-0.05, 0) is 160 Å². The van der Waals surface area contributed by atoms with Crippen LogP contribution in [0.5, 0.6) is 5.75 Å². The highest BCUT2D eigenvalue weighted by molar-refractivity contribution is 14.1. The smallest absolute Gasteiger partial charge is 0.164 e. The summed E-state index contributed by atoms with van der Waals surface area (Å²) in [7, 11) is 0. The standard InChI is InChI=1S/C21H20FN7O.C15H16IN7.C10H13BrN2.C10H14N2O.C6H6BrNO.C6H4BrNO/c22-15-8-14(9-16(30)10-15)18-17-19(23)25-12-26-21(17)29(27-18)11-13-4-3-5-24-20(13)28-6-1-2-7-28;16-12-11-13(17)19-9-20-15(11)23(21-12)8-10-4-3-5-18-14(10)22-6-1-2-7-22;11-8-9-4-3-5-12-10(9)13-6-1-2-7-13;13-8-9-4-3-5-11-10(9)12-6-1-2-7-12;2*7-6-5(4-9)2-1-3-8-6/h3-5,8-10,12,30H,1-2,6-7,11H2,(H2,23,25,26);3-5,9H,1-2,6-8H2,(H2,17,19,20);3-5H,1-2,6-8H2;3-5,13H,1-2,6-8H2;1-3,9H,4H2;1-4H. The van der Waals surface area contributed by atoms with Crippen LogP contribution in [0.1, 0.15) is 89.5 Å². The van der Waals surface area contributed by atoms with Gasteiger partial charge in [0.2, 0.25) is 0 Å². The normalized spacial score (nSPS) is 14.0. The Labute approximate surface area is 599 Å². The fourth-order valence-electron chi connectivity index (χ4n) is 11.5. The number of phenolic OH excluding ortho intramolecular Hbond substituents is 1. The van der Waals surface area contributed by atoms with Crippen LogP contribution >= 0.6 is 70.4 Å². The third-order valence-electron chi connectivity index (χ3n) is 16.2. The van der Waals surface area contributed by atoms with Crippen molar-refractivity contribution < 1.29 is 24.5 Å². The number of aromatic hydroxyl groups is 1. The Morgan fingerprint density at radius 2 is 0.897 bits per heavy atom. The van der Waals surface area contributed by atoms with Crippen LogP contribution in [-0.2, 0) is 31.6 Å². The number of pyridine rings is 6. The molecule has 0 atom stereocenters. The van der Waals surface area contributed by atoms with Gasteiger partial charge < -0.3 is 46.4 Å². The number of fused-ring (bicyclic) bond motifs is 2. The average molecular weight is 1620 g/mol. The van der Waals surface area contributed by atoms with Crippen molar-refractivity contribution in [1.82, 2.24) is 69.4 Å². The molecule has 4 aliphatic heterocycles. The average Bonchev–Trinajstić information content (AvgIpc) is 1.68. The predicted molar refractivity (Wildman–Crippen MR) is 394 cm³/mol. The highest BCUT2D eigenvalue weighted by Gasteiger charge is 2.24. The molecular weight excluding hydrogens is 1550 g/mol. The lowest BCUT2D eigenvalue weighted by Gasteiger charge is -2.19. The lowest BCUT2D eigenvalue weighted by Crippen LogP contribution is -2.21. The molecule has 4 saturated heterocycles. The molecule has 0 bridgehead atoms. The number of halogens is 5. The minimum Gasteiger partial charge on any atom is -0.508 e. The first-order chi connectivity index (χ1) is 47.3. The van der Waals surface area contributed by atoms with Gasteiger partial charge in [-0.1, -0.05) is 46.3 Å². The van der Waals surface area contributed by atoms with Crippen molar-refractivity contribution in [3.8, 4) is 17.0 Å². The molecule has 504 valence electrons. The van der Waals surface area contributed by atoms with E-state index in [9.17, 15) is 14.3 Å². The Kier molecular flexibility index (Phi) is 26.2. The van der Waals surface area contributed by atoms with Gasteiger partial charge in [0, 0.05) is 140 Å². The van der Waals surface area contributed by atoms with Gasteiger partial charge in [0.05, 0.1) is 37.1 Å². The Morgan fingerprint density at radius 1 is 0.495 bits per heavy atom. The molecule has 7 N–H and O–H groups in total. The molecule has 97 heavy (non-hydrogen) atoms. The van der Waals surface area contributed by atoms with Gasteiger partial charge in [-0.3, -0.25) is 4.79 Å². The van der Waals surface area contributed by atoms with Crippen molar-refractivity contribution >= 4 is 134 Å². The monoisotopic (exact) mass is 1620 g/mol. The molecule has 14 heterocycles. The molecule has 4 fully saturated rings. The molecule has 10 aromatic heterocycles. The highest BCUT2D eigenvalue weighted by Crippen LogP contribution is 2.34. The maximum atomic E-state index is 13.9. The number of aromatic nitrogens is 14. The van der Waals surface area contributed by atoms with E-state index in [1.165, 1.54) is 68.9 Å². The quantitative estimate of drug-likeness (QED) is 0.0310. The Hall–Kier alpha value is -8.49. The van der Waals surface area contributed by atoms with Crippen LogP contribution in [0.25, 0.3) is 33.3 Å². The largest absolute Gasteiger partial charge is 0.508 e. The van der Waals surface area contributed by atoms with E-state index in [-0.39, 0.29) is 24.8 Å². The topological polar surface area (TPSA) is 307 Å². The molecule has 1 aromatic carbocycles. The number of phenols is 1. The first-order valence-corrected chi connectivity index (χ1v) is 35.4. The molecule has 24 nitrogen and oxygen atoms in total. The molecule has 0 spiro atoms. The molecule has 0 amide bonds. The van der Waals surface area contributed by atoms with Gasteiger partial charge in [0.25, 0.3) is 0 Å². The molecule has 0 saturated carbocycles. The summed E-state index contributed by atoms with van der Waals surface area (Å²) in [6.45, 7) is 9.73. The minimum atomic E-state index is -0.563. The number of benzene rings is 1. The second kappa shape index (κ2) is 35.7.